The van der Waals surface area contributed by atoms with Gasteiger partial charge < -0.3 is 15.2 Å². The molecule has 128 valence electrons. The van der Waals surface area contributed by atoms with Gasteiger partial charge in [0.1, 0.15) is 6.10 Å². The number of aliphatic hydroxyl groups is 1. The van der Waals surface area contributed by atoms with Crippen molar-refractivity contribution in [1.82, 2.24) is 5.32 Å². The first kappa shape index (κ1) is 17.5. The molecule has 2 rings (SSSR count). The second-order valence-electron chi connectivity index (χ2n) is 6.54. The van der Waals surface area contributed by atoms with Crippen LogP contribution in [0.4, 0.5) is 13.2 Å². The number of halogens is 3. The van der Waals surface area contributed by atoms with Gasteiger partial charge in [-0.2, -0.15) is 13.2 Å². The first-order valence-electron chi connectivity index (χ1n) is 7.91. The van der Waals surface area contributed by atoms with Crippen molar-refractivity contribution in [2.45, 2.75) is 69.9 Å². The molecule has 1 aliphatic heterocycles. The van der Waals surface area contributed by atoms with Gasteiger partial charge in [0.05, 0.1) is 5.92 Å². The van der Waals surface area contributed by atoms with Gasteiger partial charge in [0.25, 0.3) is 0 Å². The molecule has 0 radical (unpaired) electrons. The van der Waals surface area contributed by atoms with E-state index in [4.69, 9.17) is 4.74 Å². The molecule has 0 aromatic heterocycles. The molecule has 2 fully saturated rings. The molecular weight excluding hydrogens is 299 g/mol. The molecular formula is C15H24F3NO3. The zero-order valence-electron chi connectivity index (χ0n) is 12.9. The van der Waals surface area contributed by atoms with Gasteiger partial charge in [-0.25, -0.2) is 0 Å². The third-order valence-corrected chi connectivity index (χ3v) is 4.93. The summed E-state index contributed by atoms with van der Waals surface area (Å²) in [5, 5.41) is 13.0. The monoisotopic (exact) mass is 323 g/mol. The second-order valence-corrected chi connectivity index (χ2v) is 6.54. The van der Waals surface area contributed by atoms with Crippen molar-refractivity contribution >= 4 is 5.97 Å². The van der Waals surface area contributed by atoms with Crippen LogP contribution in [-0.2, 0) is 9.53 Å². The van der Waals surface area contributed by atoms with Gasteiger partial charge in [0.15, 0.2) is 5.60 Å². The molecule has 22 heavy (non-hydrogen) atoms. The van der Waals surface area contributed by atoms with Crippen molar-refractivity contribution in [2.75, 3.05) is 6.54 Å². The maximum atomic E-state index is 13.1. The van der Waals surface area contributed by atoms with E-state index in [0.717, 1.165) is 13.5 Å². The summed E-state index contributed by atoms with van der Waals surface area (Å²) in [6, 6.07) is 0.0719. The normalized spacial score (nSPS) is 32.9. The summed E-state index contributed by atoms with van der Waals surface area (Å²) in [7, 11) is 0. The molecule has 4 nitrogen and oxygen atoms in total. The van der Waals surface area contributed by atoms with E-state index in [0.29, 0.717) is 25.7 Å². The number of carbonyl (C=O) groups is 1. The Kier molecular flexibility index (Phi) is 5.06. The van der Waals surface area contributed by atoms with Crippen LogP contribution >= 0.6 is 0 Å². The molecule has 1 saturated heterocycles. The summed E-state index contributed by atoms with van der Waals surface area (Å²) < 4.78 is 44.7. The lowest BCUT2D eigenvalue weighted by atomic mass is 9.75. The van der Waals surface area contributed by atoms with Crippen LogP contribution in [-0.4, -0.2) is 41.5 Å². The van der Waals surface area contributed by atoms with E-state index in [2.05, 4.69) is 5.32 Å². The highest BCUT2D eigenvalue weighted by Gasteiger charge is 2.58. The minimum atomic E-state index is -4.73. The molecule has 2 N–H and O–H groups in total. The molecule has 0 aromatic carbocycles. The quantitative estimate of drug-likeness (QED) is 0.602. The smallest absolute Gasteiger partial charge is 0.417 e. The van der Waals surface area contributed by atoms with Gasteiger partial charge in [0, 0.05) is 18.5 Å². The Bertz CT molecular complexity index is 407. The summed E-state index contributed by atoms with van der Waals surface area (Å²) in [5.41, 5.74) is -2.84. The molecule has 2 aliphatic rings. The van der Waals surface area contributed by atoms with E-state index in [9.17, 15) is 23.1 Å². The van der Waals surface area contributed by atoms with Crippen molar-refractivity contribution < 1.29 is 27.8 Å². The van der Waals surface area contributed by atoms with E-state index >= 15 is 0 Å². The minimum absolute atomic E-state index is 0.0719. The van der Waals surface area contributed by atoms with Gasteiger partial charge in [-0.1, -0.05) is 13.3 Å². The topological polar surface area (TPSA) is 68.5 Å². The number of alkyl halides is 3. The van der Waals surface area contributed by atoms with Crippen LogP contribution in [0.2, 0.25) is 0 Å². The number of hydrogen-bond acceptors (Lipinski definition) is 4. The Morgan fingerprint density at radius 3 is 2.45 bits per heavy atom. The Hall–Kier alpha value is -0.820. The van der Waals surface area contributed by atoms with Crippen LogP contribution in [0.25, 0.3) is 0 Å². The standard InChI is InChI=1S/C15H24F3NO3/c1-3-9(11-8-19-11)13(20)22-12-7-5-4-6-10(12)14(2,21)15(16,17)18/h9-12,19,21H,3-8H2,1-2H3. The summed E-state index contributed by atoms with van der Waals surface area (Å²) in [4.78, 5) is 12.2. The fourth-order valence-electron chi connectivity index (χ4n) is 3.30. The first-order valence-corrected chi connectivity index (χ1v) is 7.91. The van der Waals surface area contributed by atoms with Gasteiger partial charge in [-0.05, 0) is 32.6 Å². The van der Waals surface area contributed by atoms with Gasteiger partial charge >= 0.3 is 12.1 Å². The maximum absolute atomic E-state index is 13.1. The zero-order valence-corrected chi connectivity index (χ0v) is 12.9. The Morgan fingerprint density at radius 1 is 1.36 bits per heavy atom. The van der Waals surface area contributed by atoms with Gasteiger partial charge in [-0.3, -0.25) is 4.79 Å². The summed E-state index contributed by atoms with van der Waals surface area (Å²) in [6.07, 6.45) is -3.12. The number of nitrogens with one attached hydrogen (secondary N) is 1. The Morgan fingerprint density at radius 2 is 1.95 bits per heavy atom. The van der Waals surface area contributed by atoms with Crippen molar-refractivity contribution in [2.24, 2.45) is 11.8 Å². The van der Waals surface area contributed by atoms with E-state index in [-0.39, 0.29) is 18.4 Å². The Labute approximate surface area is 128 Å². The number of esters is 1. The van der Waals surface area contributed by atoms with Crippen molar-refractivity contribution in [3.8, 4) is 0 Å². The van der Waals surface area contributed by atoms with E-state index in [1.54, 1.807) is 0 Å². The SMILES string of the molecule is CCC(C(=O)OC1CCCCC1C(C)(O)C(F)(F)F)C1CN1. The molecule has 5 unspecified atom stereocenters. The number of hydrogen-bond donors (Lipinski definition) is 2. The largest absolute Gasteiger partial charge is 0.462 e. The first-order chi connectivity index (χ1) is 10.2. The second kappa shape index (κ2) is 6.35. The molecule has 0 bridgehead atoms. The average molecular weight is 323 g/mol. The zero-order chi connectivity index (χ0) is 16.5. The minimum Gasteiger partial charge on any atom is -0.462 e. The molecule has 0 aromatic rings. The molecule has 1 aliphatic carbocycles. The fraction of sp³-hybridized carbons (Fsp3) is 0.933. The van der Waals surface area contributed by atoms with Crippen molar-refractivity contribution in [1.29, 1.82) is 0 Å². The van der Waals surface area contributed by atoms with Crippen molar-refractivity contribution in [3.05, 3.63) is 0 Å². The predicted octanol–water partition coefficient (Wildman–Crippen LogP) is 2.40. The molecule has 0 spiro atoms. The van der Waals surface area contributed by atoms with Gasteiger partial charge in [0.2, 0.25) is 0 Å². The third kappa shape index (κ3) is 3.56. The lowest BCUT2D eigenvalue weighted by Gasteiger charge is -2.41. The molecule has 1 saturated carbocycles. The highest BCUT2D eigenvalue weighted by molar-refractivity contribution is 5.74. The lowest BCUT2D eigenvalue weighted by Crippen LogP contribution is -2.54. The van der Waals surface area contributed by atoms with Crippen LogP contribution in [0.3, 0.4) is 0 Å². The van der Waals surface area contributed by atoms with E-state index in [1.165, 1.54) is 0 Å². The van der Waals surface area contributed by atoms with E-state index < -0.39 is 29.8 Å². The average Bonchev–Trinajstić information content (AvgIpc) is 3.23. The predicted molar refractivity (Wildman–Crippen MR) is 74.1 cm³/mol. The number of carbonyl (C=O) groups excluding carboxylic acids is 1. The lowest BCUT2D eigenvalue weighted by molar-refractivity contribution is -0.286. The molecule has 7 heteroatoms. The number of ether oxygens (including phenoxy) is 1. The fourth-order valence-corrected chi connectivity index (χ4v) is 3.30. The van der Waals surface area contributed by atoms with Crippen molar-refractivity contribution in [3.63, 3.8) is 0 Å². The van der Waals surface area contributed by atoms with Crippen LogP contribution in [0, 0.1) is 11.8 Å². The van der Waals surface area contributed by atoms with Crippen LogP contribution in [0.1, 0.15) is 46.0 Å². The third-order valence-electron chi connectivity index (χ3n) is 4.93. The Balaban J connectivity index is 2.08. The summed E-state index contributed by atoms with van der Waals surface area (Å²) in [6.45, 7) is 3.38. The molecule has 0 amide bonds. The van der Waals surface area contributed by atoms with Crippen LogP contribution < -0.4 is 5.32 Å². The van der Waals surface area contributed by atoms with E-state index in [1.807, 2.05) is 6.92 Å². The molecule has 5 atom stereocenters. The number of rotatable bonds is 5. The van der Waals surface area contributed by atoms with Crippen LogP contribution in [0.15, 0.2) is 0 Å². The van der Waals surface area contributed by atoms with Crippen LogP contribution in [0.5, 0.6) is 0 Å². The highest BCUT2D eigenvalue weighted by Crippen LogP contribution is 2.43. The maximum Gasteiger partial charge on any atom is 0.417 e. The summed E-state index contributed by atoms with van der Waals surface area (Å²) >= 11 is 0. The van der Waals surface area contributed by atoms with Gasteiger partial charge in [-0.15, -0.1) is 0 Å². The molecule has 1 heterocycles. The summed E-state index contributed by atoms with van der Waals surface area (Å²) in [5.74, 6) is -1.87. The highest BCUT2D eigenvalue weighted by atomic mass is 19.4.